The monoisotopic (exact) mass is 249 g/mol. The Morgan fingerprint density at radius 1 is 1.39 bits per heavy atom. The Bertz CT molecular complexity index is 358. The zero-order valence-electron chi connectivity index (χ0n) is 12.0. The van der Waals surface area contributed by atoms with Crippen LogP contribution in [0.25, 0.3) is 0 Å². The highest BCUT2D eigenvalue weighted by Gasteiger charge is 2.30. The molecule has 1 aliphatic rings. The lowest BCUT2D eigenvalue weighted by Gasteiger charge is -2.36. The van der Waals surface area contributed by atoms with Gasteiger partial charge in [0.05, 0.1) is 11.7 Å². The summed E-state index contributed by atoms with van der Waals surface area (Å²) in [6.07, 6.45) is 8.60. The fraction of sp³-hybridized carbons (Fsp3) is 0.800. The van der Waals surface area contributed by atoms with Crippen molar-refractivity contribution in [3.8, 4) is 0 Å². The molecule has 0 saturated heterocycles. The van der Waals surface area contributed by atoms with Crippen molar-refractivity contribution in [1.29, 1.82) is 0 Å². The maximum absolute atomic E-state index is 4.64. The van der Waals surface area contributed by atoms with Gasteiger partial charge in [0.25, 0.3) is 0 Å². The van der Waals surface area contributed by atoms with Gasteiger partial charge in [-0.2, -0.15) is 5.10 Å². The van der Waals surface area contributed by atoms with Gasteiger partial charge in [-0.15, -0.1) is 0 Å². The SMILES string of the molecule is CCCNC1CCC(CC)CC1n1ccc(C)n1. The van der Waals surface area contributed by atoms with E-state index < -0.39 is 0 Å². The molecule has 1 aromatic heterocycles. The van der Waals surface area contributed by atoms with Gasteiger partial charge in [-0.25, -0.2) is 0 Å². The van der Waals surface area contributed by atoms with Crippen molar-refractivity contribution in [3.05, 3.63) is 18.0 Å². The minimum atomic E-state index is 0.545. The van der Waals surface area contributed by atoms with E-state index in [1.54, 1.807) is 0 Å². The first-order valence-electron chi connectivity index (χ1n) is 7.49. The van der Waals surface area contributed by atoms with Gasteiger partial charge in [0, 0.05) is 12.2 Å². The normalized spacial score (nSPS) is 28.5. The Labute approximate surface area is 111 Å². The third-order valence-electron chi connectivity index (χ3n) is 4.24. The molecule has 1 aliphatic carbocycles. The van der Waals surface area contributed by atoms with Gasteiger partial charge >= 0.3 is 0 Å². The maximum atomic E-state index is 4.64. The van der Waals surface area contributed by atoms with Gasteiger partial charge in [0.2, 0.25) is 0 Å². The third kappa shape index (κ3) is 3.14. The van der Waals surface area contributed by atoms with Gasteiger partial charge in [-0.1, -0.05) is 20.3 Å². The maximum Gasteiger partial charge on any atom is 0.0674 e. The van der Waals surface area contributed by atoms with Crippen molar-refractivity contribution in [1.82, 2.24) is 15.1 Å². The molecule has 0 aliphatic heterocycles. The van der Waals surface area contributed by atoms with Crippen LogP contribution in [0.5, 0.6) is 0 Å². The molecule has 0 spiro atoms. The molecular weight excluding hydrogens is 222 g/mol. The molecule has 0 aromatic carbocycles. The standard InChI is InChI=1S/C15H27N3/c1-4-9-16-14-7-6-13(5-2)11-15(14)18-10-8-12(3)17-18/h8,10,13-16H,4-7,9,11H2,1-3H3. The molecule has 1 N–H and O–H groups in total. The van der Waals surface area contributed by atoms with Crippen LogP contribution in [-0.4, -0.2) is 22.4 Å². The minimum Gasteiger partial charge on any atom is -0.312 e. The third-order valence-corrected chi connectivity index (χ3v) is 4.24. The van der Waals surface area contributed by atoms with Gasteiger partial charge in [0.15, 0.2) is 0 Å². The topological polar surface area (TPSA) is 29.9 Å². The van der Waals surface area contributed by atoms with Crippen molar-refractivity contribution < 1.29 is 0 Å². The van der Waals surface area contributed by atoms with Crippen LogP contribution < -0.4 is 5.32 Å². The van der Waals surface area contributed by atoms with Crippen molar-refractivity contribution >= 4 is 0 Å². The van der Waals surface area contributed by atoms with E-state index in [0.29, 0.717) is 12.1 Å². The molecule has 0 bridgehead atoms. The molecule has 1 aromatic rings. The van der Waals surface area contributed by atoms with E-state index in [2.05, 4.69) is 48.1 Å². The Balaban J connectivity index is 2.08. The Hall–Kier alpha value is -0.830. The lowest BCUT2D eigenvalue weighted by atomic mass is 9.81. The van der Waals surface area contributed by atoms with Crippen molar-refractivity contribution in [2.24, 2.45) is 5.92 Å². The van der Waals surface area contributed by atoms with Crippen LogP contribution in [0, 0.1) is 12.8 Å². The second-order valence-electron chi connectivity index (χ2n) is 5.65. The summed E-state index contributed by atoms with van der Waals surface area (Å²) in [7, 11) is 0. The molecule has 0 amide bonds. The number of nitrogens with zero attached hydrogens (tertiary/aromatic N) is 2. The molecule has 1 fully saturated rings. The molecule has 0 radical (unpaired) electrons. The number of aromatic nitrogens is 2. The molecule has 18 heavy (non-hydrogen) atoms. The molecule has 1 saturated carbocycles. The molecule has 3 atom stereocenters. The average Bonchev–Trinajstić information content (AvgIpc) is 2.82. The van der Waals surface area contributed by atoms with Crippen molar-refractivity contribution in [3.63, 3.8) is 0 Å². The highest BCUT2D eigenvalue weighted by molar-refractivity contribution is 4.99. The second-order valence-corrected chi connectivity index (χ2v) is 5.65. The fourth-order valence-corrected chi connectivity index (χ4v) is 3.08. The minimum absolute atomic E-state index is 0.545. The summed E-state index contributed by atoms with van der Waals surface area (Å²) in [6.45, 7) is 7.75. The Morgan fingerprint density at radius 3 is 2.83 bits per heavy atom. The van der Waals surface area contributed by atoms with Crippen LogP contribution in [0.1, 0.15) is 57.7 Å². The summed E-state index contributed by atoms with van der Waals surface area (Å²) in [5, 5.41) is 8.35. The van der Waals surface area contributed by atoms with Crippen LogP contribution in [0.15, 0.2) is 12.3 Å². The molecule has 2 rings (SSSR count). The second kappa shape index (κ2) is 6.37. The highest BCUT2D eigenvalue weighted by atomic mass is 15.3. The number of hydrogen-bond acceptors (Lipinski definition) is 2. The molecule has 3 unspecified atom stereocenters. The van der Waals surface area contributed by atoms with Crippen LogP contribution in [-0.2, 0) is 0 Å². The lowest BCUT2D eigenvalue weighted by molar-refractivity contribution is 0.190. The first-order chi connectivity index (χ1) is 8.74. The summed E-state index contributed by atoms with van der Waals surface area (Å²) in [5.74, 6) is 0.874. The predicted molar refractivity (Wildman–Crippen MR) is 75.7 cm³/mol. The lowest BCUT2D eigenvalue weighted by Crippen LogP contribution is -2.42. The predicted octanol–water partition coefficient (Wildman–Crippen LogP) is 3.31. The summed E-state index contributed by atoms with van der Waals surface area (Å²) in [5.41, 5.74) is 1.13. The van der Waals surface area contributed by atoms with Crippen LogP contribution >= 0.6 is 0 Å². The zero-order chi connectivity index (χ0) is 13.0. The van der Waals surface area contributed by atoms with Gasteiger partial charge in [-0.3, -0.25) is 4.68 Å². The molecular formula is C15H27N3. The first kappa shape index (κ1) is 13.6. The van der Waals surface area contributed by atoms with Crippen molar-refractivity contribution in [2.45, 2.75) is 65.0 Å². The number of hydrogen-bond donors (Lipinski definition) is 1. The van der Waals surface area contributed by atoms with Gasteiger partial charge in [-0.05, 0) is 51.1 Å². The summed E-state index contributed by atoms with van der Waals surface area (Å²) >= 11 is 0. The zero-order valence-corrected chi connectivity index (χ0v) is 12.0. The van der Waals surface area contributed by atoms with Gasteiger partial charge < -0.3 is 5.32 Å². The van der Waals surface area contributed by atoms with E-state index in [1.165, 1.54) is 32.1 Å². The average molecular weight is 249 g/mol. The van der Waals surface area contributed by atoms with E-state index in [4.69, 9.17) is 0 Å². The first-order valence-corrected chi connectivity index (χ1v) is 7.49. The molecule has 3 heteroatoms. The number of rotatable bonds is 5. The Kier molecular flexibility index (Phi) is 4.81. The van der Waals surface area contributed by atoms with Crippen LogP contribution in [0.3, 0.4) is 0 Å². The quantitative estimate of drug-likeness (QED) is 0.867. The smallest absolute Gasteiger partial charge is 0.0674 e. The largest absolute Gasteiger partial charge is 0.312 e. The van der Waals surface area contributed by atoms with Gasteiger partial charge in [0.1, 0.15) is 0 Å². The highest BCUT2D eigenvalue weighted by Crippen LogP contribution is 2.34. The van der Waals surface area contributed by atoms with E-state index in [0.717, 1.165) is 18.2 Å². The Morgan fingerprint density at radius 2 is 2.22 bits per heavy atom. The summed E-state index contributed by atoms with van der Waals surface area (Å²) < 4.78 is 2.20. The van der Waals surface area contributed by atoms with Crippen molar-refractivity contribution in [2.75, 3.05) is 6.54 Å². The molecule has 1 heterocycles. The number of aryl methyl sites for hydroxylation is 1. The summed E-state index contributed by atoms with van der Waals surface area (Å²) in [6, 6.07) is 3.27. The molecule has 102 valence electrons. The van der Waals surface area contributed by atoms with E-state index in [9.17, 15) is 0 Å². The fourth-order valence-electron chi connectivity index (χ4n) is 3.08. The van der Waals surface area contributed by atoms with Crippen LogP contribution in [0.4, 0.5) is 0 Å². The molecule has 3 nitrogen and oxygen atoms in total. The van der Waals surface area contributed by atoms with E-state index in [-0.39, 0.29) is 0 Å². The van der Waals surface area contributed by atoms with E-state index >= 15 is 0 Å². The van der Waals surface area contributed by atoms with Crippen LogP contribution in [0.2, 0.25) is 0 Å². The summed E-state index contributed by atoms with van der Waals surface area (Å²) in [4.78, 5) is 0. The van der Waals surface area contributed by atoms with E-state index in [1.807, 2.05) is 0 Å². The number of nitrogens with one attached hydrogen (secondary N) is 1.